The zero-order valence-corrected chi connectivity index (χ0v) is 15.9. The van der Waals surface area contributed by atoms with Crippen molar-refractivity contribution in [3.63, 3.8) is 0 Å². The van der Waals surface area contributed by atoms with Gasteiger partial charge in [0.2, 0.25) is 0 Å². The highest BCUT2D eigenvalue weighted by Crippen LogP contribution is 2.37. The normalized spacial score (nSPS) is 15.3. The fourth-order valence-electron chi connectivity index (χ4n) is 3.51. The maximum Gasteiger partial charge on any atom is 0.352 e. The average Bonchev–Trinajstić information content (AvgIpc) is 2.92. The van der Waals surface area contributed by atoms with Gasteiger partial charge < -0.3 is 19.7 Å². The maximum atomic E-state index is 13.6. The lowest BCUT2D eigenvalue weighted by molar-refractivity contribution is -0.130. The van der Waals surface area contributed by atoms with E-state index in [1.54, 1.807) is 13.8 Å². The molecule has 1 aromatic heterocycles. The Balaban J connectivity index is 2.18. The number of carbonyl (C=O) groups is 3. The minimum absolute atomic E-state index is 0.00230. The van der Waals surface area contributed by atoms with E-state index < -0.39 is 34.9 Å². The molecule has 152 valence electrons. The van der Waals surface area contributed by atoms with E-state index in [4.69, 9.17) is 0 Å². The van der Waals surface area contributed by atoms with E-state index in [0.717, 1.165) is 29.3 Å². The quantitative estimate of drug-likeness (QED) is 0.820. The number of rotatable bonds is 3. The van der Waals surface area contributed by atoms with Crippen LogP contribution >= 0.6 is 0 Å². The first kappa shape index (κ1) is 20.2. The Hall–Kier alpha value is -3.49. The second-order valence-corrected chi connectivity index (χ2v) is 7.45. The summed E-state index contributed by atoms with van der Waals surface area (Å²) in [5.74, 6) is -5.57. The smallest absolute Gasteiger partial charge is 0.352 e. The number of aromatic nitrogens is 1. The second kappa shape index (κ2) is 6.84. The first-order valence-corrected chi connectivity index (χ1v) is 8.59. The molecule has 0 spiro atoms. The number of benzene rings is 1. The van der Waals surface area contributed by atoms with E-state index in [2.05, 4.69) is 0 Å². The summed E-state index contributed by atoms with van der Waals surface area (Å²) >= 11 is 0. The van der Waals surface area contributed by atoms with Crippen LogP contribution in [0.3, 0.4) is 0 Å². The number of carbonyl (C=O) groups excluding carboxylic acids is 1. The third-order valence-corrected chi connectivity index (χ3v) is 4.94. The van der Waals surface area contributed by atoms with Crippen LogP contribution < -0.4 is 0 Å². The van der Waals surface area contributed by atoms with Crippen molar-refractivity contribution in [3.05, 3.63) is 64.6 Å². The van der Waals surface area contributed by atoms with Crippen LogP contribution in [0.25, 0.3) is 5.57 Å². The van der Waals surface area contributed by atoms with Crippen molar-refractivity contribution in [2.24, 2.45) is 7.05 Å². The first-order chi connectivity index (χ1) is 13.4. The van der Waals surface area contributed by atoms with E-state index in [-0.39, 0.29) is 29.1 Å². The molecule has 2 N–H and O–H groups in total. The second-order valence-electron chi connectivity index (χ2n) is 7.45. The van der Waals surface area contributed by atoms with E-state index in [0.29, 0.717) is 5.56 Å². The highest BCUT2D eigenvalue weighted by atomic mass is 19.2. The number of aromatic carboxylic acids is 1. The predicted molar refractivity (Wildman–Crippen MR) is 98.4 cm³/mol. The average molecular weight is 404 g/mol. The van der Waals surface area contributed by atoms with Gasteiger partial charge in [0.15, 0.2) is 11.6 Å². The number of carboxylic acids is 2. The van der Waals surface area contributed by atoms with E-state index in [9.17, 15) is 33.4 Å². The number of nitrogens with zero attached hydrogens (tertiary/aromatic N) is 2. The molecular weight excluding hydrogens is 386 g/mol. The Bertz CT molecular complexity index is 1080. The first-order valence-electron chi connectivity index (χ1n) is 8.59. The van der Waals surface area contributed by atoms with Crippen LogP contribution in [0.4, 0.5) is 8.78 Å². The molecule has 0 atom stereocenters. The van der Waals surface area contributed by atoms with Crippen molar-refractivity contribution in [3.8, 4) is 0 Å². The van der Waals surface area contributed by atoms with Crippen LogP contribution in [0, 0.1) is 11.6 Å². The molecule has 9 heteroatoms. The van der Waals surface area contributed by atoms with Gasteiger partial charge in [-0.05, 0) is 29.8 Å². The summed E-state index contributed by atoms with van der Waals surface area (Å²) in [6.07, 6.45) is 1.10. The lowest BCUT2D eigenvalue weighted by Crippen LogP contribution is -2.36. The molecule has 0 saturated carbocycles. The summed E-state index contributed by atoms with van der Waals surface area (Å²) in [4.78, 5) is 37.5. The molecular formula is C20H18F2N2O5. The summed E-state index contributed by atoms with van der Waals surface area (Å²) < 4.78 is 28.0. The number of amides is 1. The summed E-state index contributed by atoms with van der Waals surface area (Å²) in [7, 11) is 1.43. The lowest BCUT2D eigenvalue weighted by Gasteiger charge is -2.29. The van der Waals surface area contributed by atoms with Crippen molar-refractivity contribution in [1.82, 2.24) is 9.47 Å². The molecule has 3 rings (SSSR count). The molecule has 0 bridgehead atoms. The van der Waals surface area contributed by atoms with E-state index in [1.807, 2.05) is 0 Å². The van der Waals surface area contributed by atoms with Crippen LogP contribution in [0.2, 0.25) is 0 Å². The Kier molecular flexibility index (Phi) is 4.77. The topological polar surface area (TPSA) is 99.8 Å². The molecule has 7 nitrogen and oxygen atoms in total. The molecule has 0 fully saturated rings. The van der Waals surface area contributed by atoms with Crippen molar-refractivity contribution >= 4 is 23.4 Å². The minimum Gasteiger partial charge on any atom is -0.478 e. The third-order valence-electron chi connectivity index (χ3n) is 4.94. The molecule has 1 aromatic carbocycles. The molecule has 0 radical (unpaired) electrons. The van der Waals surface area contributed by atoms with Crippen LogP contribution in [-0.2, 0) is 17.3 Å². The number of fused-ring (bicyclic) bond motifs is 1. The van der Waals surface area contributed by atoms with Crippen LogP contribution in [0.1, 0.15) is 46.0 Å². The maximum absolute atomic E-state index is 13.6. The van der Waals surface area contributed by atoms with Gasteiger partial charge in [-0.25, -0.2) is 18.4 Å². The van der Waals surface area contributed by atoms with Gasteiger partial charge >= 0.3 is 11.9 Å². The largest absolute Gasteiger partial charge is 0.478 e. The fourth-order valence-corrected chi connectivity index (χ4v) is 3.51. The standard InChI is InChI=1S/C20H18F2N2O5/c1-20(2)9-24(17(25)10-4-5-13(21)14(22)6-10)8-11(18(26)27)16-12(20)7-15(19(28)29)23(16)3/h4-8H,9H2,1-3H3,(H,26,27)(H,28,29). The van der Waals surface area contributed by atoms with Crippen LogP contribution in [0.5, 0.6) is 0 Å². The molecule has 1 aliphatic rings. The van der Waals surface area contributed by atoms with Gasteiger partial charge in [0.05, 0.1) is 11.3 Å². The van der Waals surface area contributed by atoms with E-state index >= 15 is 0 Å². The zero-order valence-electron chi connectivity index (χ0n) is 15.9. The number of hydrogen-bond donors (Lipinski definition) is 2. The Labute approximate surface area is 164 Å². The summed E-state index contributed by atoms with van der Waals surface area (Å²) in [5, 5.41) is 19.1. The number of hydrogen-bond acceptors (Lipinski definition) is 3. The molecule has 2 heterocycles. The molecule has 0 unspecified atom stereocenters. The predicted octanol–water partition coefficient (Wildman–Crippen LogP) is 2.86. The Morgan fingerprint density at radius 1 is 1.03 bits per heavy atom. The number of carboxylic acid groups (broad SMARTS) is 2. The van der Waals surface area contributed by atoms with Gasteiger partial charge in [0.25, 0.3) is 5.91 Å². The molecule has 0 aliphatic carbocycles. The number of halogens is 2. The lowest BCUT2D eigenvalue weighted by atomic mass is 9.83. The highest BCUT2D eigenvalue weighted by molar-refractivity contribution is 6.16. The van der Waals surface area contributed by atoms with Crippen molar-refractivity contribution in [2.75, 3.05) is 6.54 Å². The third kappa shape index (κ3) is 3.39. The molecule has 0 saturated heterocycles. The van der Waals surface area contributed by atoms with Gasteiger partial charge in [0.1, 0.15) is 5.69 Å². The van der Waals surface area contributed by atoms with Gasteiger partial charge in [-0.1, -0.05) is 13.8 Å². The van der Waals surface area contributed by atoms with Gasteiger partial charge in [-0.15, -0.1) is 0 Å². The summed E-state index contributed by atoms with van der Waals surface area (Å²) in [5.41, 5.74) is -0.722. The van der Waals surface area contributed by atoms with Crippen molar-refractivity contribution in [1.29, 1.82) is 0 Å². The fraction of sp³-hybridized carbons (Fsp3) is 0.250. The van der Waals surface area contributed by atoms with Gasteiger partial charge in [-0.3, -0.25) is 4.79 Å². The molecule has 1 amide bonds. The van der Waals surface area contributed by atoms with Crippen molar-refractivity contribution < 1.29 is 33.4 Å². The van der Waals surface area contributed by atoms with Gasteiger partial charge in [0, 0.05) is 30.8 Å². The molecule has 1 aliphatic heterocycles. The van der Waals surface area contributed by atoms with Crippen LogP contribution in [0.15, 0.2) is 30.5 Å². The highest BCUT2D eigenvalue weighted by Gasteiger charge is 2.38. The van der Waals surface area contributed by atoms with E-state index in [1.165, 1.54) is 17.7 Å². The Morgan fingerprint density at radius 3 is 2.24 bits per heavy atom. The summed E-state index contributed by atoms with van der Waals surface area (Å²) in [6.45, 7) is 3.47. The zero-order chi connectivity index (χ0) is 21.7. The van der Waals surface area contributed by atoms with Gasteiger partial charge in [-0.2, -0.15) is 0 Å². The number of aliphatic carboxylic acids is 1. The van der Waals surface area contributed by atoms with Crippen LogP contribution in [-0.4, -0.2) is 44.1 Å². The monoisotopic (exact) mass is 404 g/mol. The summed E-state index contributed by atoms with van der Waals surface area (Å²) in [6, 6.07) is 4.07. The Morgan fingerprint density at radius 2 is 1.69 bits per heavy atom. The van der Waals surface area contributed by atoms with Crippen molar-refractivity contribution in [2.45, 2.75) is 19.3 Å². The molecule has 29 heavy (non-hydrogen) atoms. The molecule has 2 aromatic rings. The SMILES string of the molecule is Cn1c(C(=O)O)cc2c1C(C(=O)O)=CN(C(=O)c1ccc(F)c(F)c1)CC2(C)C. The minimum atomic E-state index is -1.36.